The maximum atomic E-state index is 13.9. The number of epoxide rings is 1. The van der Waals surface area contributed by atoms with Crippen LogP contribution in [0, 0.1) is 17.3 Å². The van der Waals surface area contributed by atoms with Gasteiger partial charge in [0.25, 0.3) is 0 Å². The summed E-state index contributed by atoms with van der Waals surface area (Å²) in [4.78, 5) is 56.7. The number of nitrogens with zero attached hydrogens (tertiary/aromatic N) is 1. The van der Waals surface area contributed by atoms with E-state index in [0.717, 1.165) is 37.2 Å². The Morgan fingerprint density at radius 1 is 0.941 bits per heavy atom. The van der Waals surface area contributed by atoms with Crippen molar-refractivity contribution in [3.63, 3.8) is 0 Å². The number of likely N-dealkylation sites (N-methyl/N-ethyl adjacent to an activating group) is 1. The molecule has 1 fully saturated rings. The highest BCUT2D eigenvalue weighted by Crippen LogP contribution is 2.45. The number of hydrogen-bond acceptors (Lipinski definition) is 14. The molecule has 17 heteroatoms. The van der Waals surface area contributed by atoms with Crippen LogP contribution >= 0.6 is 24.2 Å². The second-order valence-corrected chi connectivity index (χ2v) is 21.1. The zero-order valence-electron chi connectivity index (χ0n) is 41.6. The molecule has 4 rings (SSSR count). The number of cyclic esters (lactones) is 2. The first kappa shape index (κ1) is 56.8. The number of carbonyl (C=O) groups is 4. The summed E-state index contributed by atoms with van der Waals surface area (Å²) in [6, 6.07) is 12.4. The predicted octanol–water partition coefficient (Wildman–Crippen LogP) is 6.29. The average Bonchev–Trinajstić information content (AvgIpc) is 4.08. The summed E-state index contributed by atoms with van der Waals surface area (Å²) >= 11 is 10.9. The molecule has 15 nitrogen and oxygen atoms in total. The van der Waals surface area contributed by atoms with Crippen LogP contribution in [0.1, 0.15) is 90.5 Å². The van der Waals surface area contributed by atoms with Gasteiger partial charge in [-0.15, -0.1) is 0 Å². The number of carbonyl (C=O) groups excluding carboxylic acids is 4. The van der Waals surface area contributed by atoms with E-state index in [0.29, 0.717) is 62.5 Å². The van der Waals surface area contributed by atoms with Crippen molar-refractivity contribution in [1.29, 1.82) is 0 Å². The number of ether oxygens (including phenoxy) is 7. The van der Waals surface area contributed by atoms with Crippen molar-refractivity contribution in [2.75, 3.05) is 80.0 Å². The normalized spacial score (nSPS) is 22.1. The quantitative estimate of drug-likeness (QED) is 0.0379. The topological polar surface area (TPSA) is 176 Å². The molecule has 6 atom stereocenters. The number of halogens is 1. The molecule has 2 amide bonds. The molecule has 2 aromatic rings. The SMILES string of the molecule is COc1ccc(C[C@H]2NC(=O)C=CC[C@@H]([C@H](C)[C@H]3O[C@@H]3c3ccc(CNCCCOCCOCCOCCN(C)CC(C)(C)S)cc3)OC(=O)[C@H](CC(C)C)OC(=O)C(C)(C)CNC2=O)cc1Cl. The fourth-order valence-electron chi connectivity index (χ4n) is 7.68. The van der Waals surface area contributed by atoms with Gasteiger partial charge >= 0.3 is 11.9 Å². The molecule has 68 heavy (non-hydrogen) atoms. The zero-order valence-corrected chi connectivity index (χ0v) is 43.3. The molecule has 3 N–H and O–H groups in total. The lowest BCUT2D eigenvalue weighted by Gasteiger charge is -2.29. The van der Waals surface area contributed by atoms with Crippen LogP contribution in [-0.2, 0) is 60.6 Å². The maximum Gasteiger partial charge on any atom is 0.347 e. The van der Waals surface area contributed by atoms with E-state index >= 15 is 0 Å². The van der Waals surface area contributed by atoms with Gasteiger partial charge in [0.2, 0.25) is 11.8 Å². The van der Waals surface area contributed by atoms with Gasteiger partial charge in [-0.25, -0.2) is 4.79 Å². The molecular weight excluding hydrogens is 912 g/mol. The highest BCUT2D eigenvalue weighted by Gasteiger charge is 2.48. The minimum atomic E-state index is -1.22. The number of methoxy groups -OCH3 is 1. The van der Waals surface area contributed by atoms with Gasteiger partial charge in [-0.05, 0) is 94.9 Å². The Morgan fingerprint density at radius 2 is 1.60 bits per heavy atom. The number of amides is 2. The molecule has 2 aliphatic heterocycles. The zero-order chi connectivity index (χ0) is 49.9. The molecule has 380 valence electrons. The lowest BCUT2D eigenvalue weighted by atomic mass is 9.92. The van der Waals surface area contributed by atoms with E-state index in [1.807, 2.05) is 32.9 Å². The van der Waals surface area contributed by atoms with Crippen LogP contribution in [0.4, 0.5) is 0 Å². The number of rotatable bonds is 25. The van der Waals surface area contributed by atoms with Crippen LogP contribution in [0.2, 0.25) is 5.02 Å². The van der Waals surface area contributed by atoms with E-state index in [2.05, 4.69) is 66.5 Å². The highest BCUT2D eigenvalue weighted by molar-refractivity contribution is 7.81. The van der Waals surface area contributed by atoms with E-state index in [1.165, 1.54) is 13.2 Å². The number of esters is 2. The van der Waals surface area contributed by atoms with Crippen molar-refractivity contribution in [3.8, 4) is 5.75 Å². The summed E-state index contributed by atoms with van der Waals surface area (Å²) in [6.07, 6.45) is 1.95. The summed E-state index contributed by atoms with van der Waals surface area (Å²) in [5.41, 5.74) is 1.59. The average molecular weight is 990 g/mol. The van der Waals surface area contributed by atoms with Crippen LogP contribution in [-0.4, -0.2) is 138 Å². The Hall–Kier alpha value is -3.74. The van der Waals surface area contributed by atoms with E-state index < -0.39 is 47.4 Å². The molecule has 0 unspecified atom stereocenters. The van der Waals surface area contributed by atoms with Crippen LogP contribution in [0.15, 0.2) is 54.6 Å². The van der Waals surface area contributed by atoms with Crippen LogP contribution in [0.3, 0.4) is 0 Å². The number of hydrogen-bond donors (Lipinski definition) is 4. The summed E-state index contributed by atoms with van der Waals surface area (Å²) in [5, 5.41) is 9.42. The minimum Gasteiger partial charge on any atom is -0.495 e. The summed E-state index contributed by atoms with van der Waals surface area (Å²) < 4.78 is 40.5. The van der Waals surface area contributed by atoms with Crippen LogP contribution in [0.25, 0.3) is 0 Å². The molecule has 0 radical (unpaired) electrons. The number of nitrogens with one attached hydrogen (secondary N) is 3. The molecule has 0 aliphatic carbocycles. The number of benzene rings is 2. The largest absolute Gasteiger partial charge is 0.495 e. The Bertz CT molecular complexity index is 1930. The maximum absolute atomic E-state index is 13.9. The summed E-state index contributed by atoms with van der Waals surface area (Å²) in [6.45, 7) is 19.9. The fraction of sp³-hybridized carbons (Fsp3) is 0.647. The van der Waals surface area contributed by atoms with E-state index in [-0.39, 0.29) is 54.6 Å². The van der Waals surface area contributed by atoms with Crippen molar-refractivity contribution in [3.05, 3.63) is 76.3 Å². The van der Waals surface area contributed by atoms with Gasteiger partial charge in [0.15, 0.2) is 6.10 Å². The van der Waals surface area contributed by atoms with Crippen molar-refractivity contribution >= 4 is 48.0 Å². The lowest BCUT2D eigenvalue weighted by Crippen LogP contribution is -2.51. The van der Waals surface area contributed by atoms with Gasteiger partial charge in [0.05, 0.1) is 56.7 Å². The van der Waals surface area contributed by atoms with Gasteiger partial charge in [-0.1, -0.05) is 68.8 Å². The molecule has 2 heterocycles. The summed E-state index contributed by atoms with van der Waals surface area (Å²) in [5.74, 6) is -2.20. The molecule has 0 aromatic heterocycles. The van der Waals surface area contributed by atoms with Crippen LogP contribution in [0.5, 0.6) is 5.75 Å². The van der Waals surface area contributed by atoms with Crippen molar-refractivity contribution in [2.45, 2.75) is 116 Å². The first-order valence-corrected chi connectivity index (χ1v) is 24.7. The predicted molar refractivity (Wildman–Crippen MR) is 266 cm³/mol. The lowest BCUT2D eigenvalue weighted by molar-refractivity contribution is -0.179. The van der Waals surface area contributed by atoms with Crippen molar-refractivity contribution in [2.24, 2.45) is 17.3 Å². The minimum absolute atomic E-state index is 0.00388. The first-order valence-electron chi connectivity index (χ1n) is 23.8. The fourth-order valence-corrected chi connectivity index (χ4v) is 8.20. The van der Waals surface area contributed by atoms with Gasteiger partial charge in [-0.2, -0.15) is 12.6 Å². The molecule has 2 aromatic carbocycles. The molecule has 0 saturated carbocycles. The Morgan fingerprint density at radius 3 is 2.25 bits per heavy atom. The first-order chi connectivity index (χ1) is 32.3. The Kier molecular flexibility index (Phi) is 23.6. The van der Waals surface area contributed by atoms with E-state index in [1.54, 1.807) is 38.1 Å². The van der Waals surface area contributed by atoms with E-state index in [4.69, 9.17) is 44.8 Å². The molecule has 1 saturated heterocycles. The highest BCUT2D eigenvalue weighted by atomic mass is 35.5. The smallest absolute Gasteiger partial charge is 0.347 e. The third kappa shape index (κ3) is 20.3. The molecular formula is C51H77ClN4O11S. The molecule has 0 spiro atoms. The third-order valence-electron chi connectivity index (χ3n) is 11.6. The van der Waals surface area contributed by atoms with Gasteiger partial charge in [0.1, 0.15) is 24.0 Å². The van der Waals surface area contributed by atoms with E-state index in [9.17, 15) is 19.2 Å². The molecule has 2 aliphatic rings. The van der Waals surface area contributed by atoms with Crippen molar-refractivity contribution < 1.29 is 52.3 Å². The van der Waals surface area contributed by atoms with Gasteiger partial charge in [-0.3, -0.25) is 14.4 Å². The third-order valence-corrected chi connectivity index (χ3v) is 12.0. The van der Waals surface area contributed by atoms with Crippen LogP contribution < -0.4 is 20.7 Å². The monoisotopic (exact) mass is 988 g/mol. The second-order valence-electron chi connectivity index (χ2n) is 19.5. The molecule has 0 bridgehead atoms. The second kappa shape index (κ2) is 28.2. The van der Waals surface area contributed by atoms with Crippen molar-refractivity contribution in [1.82, 2.24) is 20.9 Å². The number of thiol groups is 1. The Labute approximate surface area is 414 Å². The Balaban J connectivity index is 1.28. The van der Waals surface area contributed by atoms with Gasteiger partial charge in [0, 0.05) is 56.3 Å². The summed E-state index contributed by atoms with van der Waals surface area (Å²) in [7, 11) is 3.58. The standard InChI is InChI=1S/C51H77ClN4O11S/c1-34(2)28-43-48(59)65-41(12-10-13-44(57)55-40(30-37-16-19-42(61-9)39(52)29-37)47(58)54-32-50(4,5)49(60)66-43)35(3)45-46(67-45)38-17-14-36(15-18-38)31-53-20-11-22-62-24-26-64-27-25-63-23-21-56(8)33-51(6,7)68/h10,13-19,29,34-35,40-41,43,45-46,53,68H,11-12,20-28,30-33H2,1-9H3,(H,54,58)(H,55,57)/t35-,40+,41-,43-,45+,46+/m0/s1. The van der Waals surface area contributed by atoms with Gasteiger partial charge < -0.3 is 54.0 Å².